The molecule has 4 amide bonds. The predicted molar refractivity (Wildman–Crippen MR) is 405 cm³/mol. The Kier molecular flexibility index (Phi) is 36.0. The summed E-state index contributed by atoms with van der Waals surface area (Å²) in [5.74, 6) is 0.969. The number of methoxy groups -OCH3 is 1. The third kappa shape index (κ3) is 27.2. The van der Waals surface area contributed by atoms with Gasteiger partial charge < -0.3 is 24.3 Å². The maximum Gasteiger partial charge on any atom is 0.269 e. The molecule has 8 aromatic carbocycles. The van der Waals surface area contributed by atoms with Gasteiger partial charge in [-0.15, -0.1) is 11.6 Å². The van der Waals surface area contributed by atoms with Crippen molar-refractivity contribution < 1.29 is 48.0 Å². The third-order valence-electron chi connectivity index (χ3n) is 17.7. The number of non-ortho nitro benzene ring substituents is 4. The fraction of sp³-hybridized carbons (Fsp3) is 0.358. The summed E-state index contributed by atoms with van der Waals surface area (Å²) >= 11 is 5.85. The second-order valence-corrected chi connectivity index (χ2v) is 25.3. The van der Waals surface area contributed by atoms with Crippen LogP contribution in [0.2, 0.25) is 0 Å². The van der Waals surface area contributed by atoms with Gasteiger partial charge in [0, 0.05) is 80.6 Å². The Balaban J connectivity index is 0.000000249. The lowest BCUT2D eigenvalue weighted by atomic mass is 10.0. The SMILES string of the molecule is CCCCN(C(=O)Cc1ccc([N+](=O)[O-])cc1)[C@@H](C)c1ccc(F)cc1.CCCCN(C(=O)Cc1ccc([N+](=O)[O-])cc1)[C@@H](C)c1ccc(OC)cc1.CCCCN(C(=O)Cc1ccc([N+](=O)[O-])cc1)[C@@H](C)c1ccccc1.CC[C@@H](c1ccccc1)N(CCCCl)C(=O)Cc1ccc([N+](=O)[O-])cc1. The first-order chi connectivity index (χ1) is 50.0. The molecular weight excluding hydrogens is 1350 g/mol. The van der Waals surface area contributed by atoms with E-state index in [4.69, 9.17) is 16.3 Å². The monoisotopic (exact) mass is 1440 g/mol. The van der Waals surface area contributed by atoms with Crippen LogP contribution in [0.4, 0.5) is 27.1 Å². The van der Waals surface area contributed by atoms with E-state index in [-0.39, 0.29) is 102 Å². The van der Waals surface area contributed by atoms with Crippen molar-refractivity contribution in [3.63, 3.8) is 0 Å². The number of nitro benzene ring substituents is 4. The molecule has 552 valence electrons. The van der Waals surface area contributed by atoms with Crippen LogP contribution in [0.5, 0.6) is 5.75 Å². The van der Waals surface area contributed by atoms with Crippen molar-refractivity contribution in [2.24, 2.45) is 0 Å². The summed E-state index contributed by atoms with van der Waals surface area (Å²) in [4.78, 5) is 100. The molecule has 0 aliphatic carbocycles. The molecule has 0 bridgehead atoms. The van der Waals surface area contributed by atoms with Gasteiger partial charge in [0.15, 0.2) is 0 Å². The highest BCUT2D eigenvalue weighted by molar-refractivity contribution is 6.17. The molecule has 0 N–H and O–H groups in total. The third-order valence-corrected chi connectivity index (χ3v) is 17.9. The highest BCUT2D eigenvalue weighted by Gasteiger charge is 2.27. The number of benzene rings is 8. The van der Waals surface area contributed by atoms with Gasteiger partial charge in [-0.1, -0.05) is 180 Å². The molecule has 104 heavy (non-hydrogen) atoms. The first kappa shape index (κ1) is 83.9. The summed E-state index contributed by atoms with van der Waals surface area (Å²) < 4.78 is 18.4. The van der Waals surface area contributed by atoms with Crippen LogP contribution in [-0.4, -0.2) is 102 Å². The summed E-state index contributed by atoms with van der Waals surface area (Å²) in [6.45, 7) is 16.9. The molecule has 0 heterocycles. The molecule has 8 aromatic rings. The summed E-state index contributed by atoms with van der Waals surface area (Å²) in [6, 6.07) is 58.1. The summed E-state index contributed by atoms with van der Waals surface area (Å²) in [6.07, 6.45) is 8.09. The molecule has 0 unspecified atom stereocenters. The molecule has 23 heteroatoms. The molecule has 0 aromatic heterocycles. The minimum absolute atomic E-state index is 0.000303. The van der Waals surface area contributed by atoms with Crippen molar-refractivity contribution in [1.82, 2.24) is 19.6 Å². The van der Waals surface area contributed by atoms with Gasteiger partial charge in [-0.2, -0.15) is 0 Å². The summed E-state index contributed by atoms with van der Waals surface area (Å²) in [5, 5.41) is 43.0. The minimum Gasteiger partial charge on any atom is -0.497 e. The number of amides is 4. The zero-order valence-corrected chi connectivity index (χ0v) is 61.4. The number of carbonyl (C=O) groups is 4. The second kappa shape index (κ2) is 44.6. The number of unbranched alkanes of at least 4 members (excludes halogenated alkanes) is 3. The van der Waals surface area contributed by atoms with Gasteiger partial charge in [-0.3, -0.25) is 59.6 Å². The Morgan fingerprint density at radius 1 is 0.385 bits per heavy atom. The maximum absolute atomic E-state index is 13.2. The number of rotatable bonds is 34. The molecule has 0 radical (unpaired) electrons. The number of ether oxygens (including phenoxy) is 1. The van der Waals surface area contributed by atoms with Crippen LogP contribution in [0.1, 0.15) is 169 Å². The van der Waals surface area contributed by atoms with E-state index in [1.807, 2.05) is 120 Å². The van der Waals surface area contributed by atoms with E-state index in [0.29, 0.717) is 32.1 Å². The van der Waals surface area contributed by atoms with Crippen LogP contribution >= 0.6 is 11.6 Å². The Morgan fingerprint density at radius 2 is 0.654 bits per heavy atom. The van der Waals surface area contributed by atoms with Crippen LogP contribution in [0.3, 0.4) is 0 Å². The van der Waals surface area contributed by atoms with E-state index in [9.17, 15) is 64.0 Å². The number of carbonyl (C=O) groups excluding carboxylic acids is 4. The van der Waals surface area contributed by atoms with Gasteiger partial charge in [0.25, 0.3) is 22.7 Å². The molecular formula is C81H96ClFN8O13. The Labute approximate surface area is 614 Å². The summed E-state index contributed by atoms with van der Waals surface area (Å²) in [5.41, 5.74) is 7.27. The number of alkyl halides is 1. The lowest BCUT2D eigenvalue weighted by Gasteiger charge is -2.32. The zero-order valence-electron chi connectivity index (χ0n) is 60.6. The van der Waals surface area contributed by atoms with Gasteiger partial charge in [0.05, 0.1) is 76.7 Å². The number of nitro groups is 4. The van der Waals surface area contributed by atoms with E-state index < -0.39 is 19.7 Å². The zero-order chi connectivity index (χ0) is 76.1. The van der Waals surface area contributed by atoms with E-state index in [1.165, 1.54) is 60.7 Å². The molecule has 0 saturated heterocycles. The number of nitrogens with zero attached hydrogens (tertiary/aromatic N) is 8. The van der Waals surface area contributed by atoms with Gasteiger partial charge in [-0.05, 0) is 122 Å². The molecule has 8 rings (SSSR count). The van der Waals surface area contributed by atoms with Crippen molar-refractivity contribution in [2.45, 2.75) is 150 Å². The average Bonchev–Trinajstić information content (AvgIpc) is 0.876. The average molecular weight is 1440 g/mol. The smallest absolute Gasteiger partial charge is 0.269 e. The topological polar surface area (TPSA) is 263 Å². The summed E-state index contributed by atoms with van der Waals surface area (Å²) in [7, 11) is 1.62. The van der Waals surface area contributed by atoms with Crippen molar-refractivity contribution in [3.05, 3.63) is 297 Å². The highest BCUT2D eigenvalue weighted by Crippen LogP contribution is 2.29. The van der Waals surface area contributed by atoms with Crippen LogP contribution < -0.4 is 4.74 Å². The Morgan fingerprint density at radius 3 is 0.923 bits per heavy atom. The van der Waals surface area contributed by atoms with Crippen LogP contribution in [0, 0.1) is 46.3 Å². The van der Waals surface area contributed by atoms with Crippen LogP contribution in [0.15, 0.2) is 206 Å². The maximum atomic E-state index is 13.2. The first-order valence-corrected chi connectivity index (χ1v) is 35.7. The lowest BCUT2D eigenvalue weighted by molar-refractivity contribution is -0.385. The molecule has 21 nitrogen and oxygen atoms in total. The molecule has 0 saturated carbocycles. The van der Waals surface area contributed by atoms with E-state index in [2.05, 4.69) is 27.7 Å². The molecule has 0 aliphatic rings. The van der Waals surface area contributed by atoms with E-state index in [1.54, 1.807) is 72.7 Å². The standard InChI is InChI=1S/C21H26N2O4.C20H23ClN2O3.C20H23FN2O3.C20H24N2O3/c1-4-5-14-22(16(2)18-8-12-20(27-3)13-9-18)21(24)15-17-6-10-19(11-7-17)23(25)26;1-2-19(17-7-4-3-5-8-17)22(14-6-13-21)20(24)15-16-9-11-18(12-10-16)23(25)26;1-3-4-13-22(15(2)17-7-9-18(21)10-8-17)20(24)14-16-5-11-19(12-6-16)23(25)26;1-3-4-14-21(16(2)18-8-6-5-7-9-18)20(23)15-17-10-12-19(13-11-17)22(24)25/h6-13,16H,4-5,14-15H2,1-3H3;3-5,7-12,19H,2,6,13-15H2,1H3;5-12,15H,3-4,13-14H2,1-2H3;5-13,16H,3-4,14-15H2,1-2H3/t16-;19-;15-;16-/m0000/s1. The fourth-order valence-corrected chi connectivity index (χ4v) is 11.6. The highest BCUT2D eigenvalue weighted by atomic mass is 35.5. The Bertz CT molecular complexity index is 3960. The second-order valence-electron chi connectivity index (χ2n) is 25.0. The normalized spacial score (nSPS) is 11.8. The quantitative estimate of drug-likeness (QED) is 0.0207. The molecule has 0 fully saturated rings. The fourth-order valence-electron chi connectivity index (χ4n) is 11.5. The molecule has 0 spiro atoms. The molecule has 0 aliphatic heterocycles. The van der Waals surface area contributed by atoms with Gasteiger partial charge in [0.1, 0.15) is 11.6 Å². The van der Waals surface area contributed by atoms with Gasteiger partial charge in [0.2, 0.25) is 23.6 Å². The van der Waals surface area contributed by atoms with Gasteiger partial charge in [-0.25, -0.2) is 4.39 Å². The number of halogens is 2. The molecule has 4 atom stereocenters. The van der Waals surface area contributed by atoms with Crippen molar-refractivity contribution in [2.75, 3.05) is 39.2 Å². The minimum atomic E-state index is -0.463. The van der Waals surface area contributed by atoms with E-state index >= 15 is 0 Å². The Hall–Kier alpha value is -10.7. The van der Waals surface area contributed by atoms with Crippen LogP contribution in [0.25, 0.3) is 0 Å². The van der Waals surface area contributed by atoms with Crippen molar-refractivity contribution in [1.29, 1.82) is 0 Å². The van der Waals surface area contributed by atoms with Crippen molar-refractivity contribution >= 4 is 58.0 Å². The number of hydrogen-bond donors (Lipinski definition) is 0. The number of hydrogen-bond acceptors (Lipinski definition) is 13. The lowest BCUT2D eigenvalue weighted by Crippen LogP contribution is -2.36. The largest absolute Gasteiger partial charge is 0.497 e. The predicted octanol–water partition coefficient (Wildman–Crippen LogP) is 18.5. The van der Waals surface area contributed by atoms with Gasteiger partial charge >= 0.3 is 0 Å². The van der Waals surface area contributed by atoms with Crippen molar-refractivity contribution in [3.8, 4) is 5.75 Å². The van der Waals surface area contributed by atoms with E-state index in [0.717, 1.165) is 102 Å². The van der Waals surface area contributed by atoms with Crippen LogP contribution in [-0.2, 0) is 44.9 Å². The first-order valence-electron chi connectivity index (χ1n) is 35.1.